The van der Waals surface area contributed by atoms with Gasteiger partial charge in [-0.1, -0.05) is 35.9 Å². The van der Waals surface area contributed by atoms with Crippen LogP contribution in [0.1, 0.15) is 52.5 Å². The number of aliphatic hydroxyl groups excluding tert-OH is 1. The van der Waals surface area contributed by atoms with Crippen molar-refractivity contribution in [2.45, 2.75) is 45.4 Å². The highest BCUT2D eigenvalue weighted by atomic mass is 35.5. The number of halogens is 2. The minimum absolute atomic E-state index is 0.119. The molecule has 14 heteroatoms. The van der Waals surface area contributed by atoms with Crippen molar-refractivity contribution in [3.8, 4) is 34.4 Å². The molecule has 0 bridgehead atoms. The Hall–Kier alpha value is -5.39. The molecule has 3 saturated heterocycles. The molecule has 1 spiro atoms. The molecule has 0 saturated carbocycles. The van der Waals surface area contributed by atoms with Crippen LogP contribution in [0.25, 0.3) is 33.7 Å². The predicted molar refractivity (Wildman–Crippen MR) is 213 cm³/mol. The SMILES string of the molecule is COc1cc(C(=O)Nc2cccc(-c3cccc(-c4nc5cc(CN6CC7(C6)CN(C(C)=O)C7)cc(C#N)c5o4)c3C)c2Cl)ncc1CN1CCC(F)(CO)CC1. The van der Waals surface area contributed by atoms with Crippen LogP contribution in [0, 0.1) is 23.7 Å². The Balaban J connectivity index is 0.982. The summed E-state index contributed by atoms with van der Waals surface area (Å²) in [6.45, 7) is 8.64. The van der Waals surface area contributed by atoms with Crippen LogP contribution in [0.2, 0.25) is 5.02 Å². The first kappa shape index (κ1) is 38.5. The molecule has 5 heterocycles. The van der Waals surface area contributed by atoms with Gasteiger partial charge in [0.05, 0.1) is 30.0 Å². The number of anilines is 1. The highest BCUT2D eigenvalue weighted by molar-refractivity contribution is 6.36. The first-order valence-corrected chi connectivity index (χ1v) is 19.3. The number of pyridine rings is 1. The highest BCUT2D eigenvalue weighted by Crippen LogP contribution is 2.42. The molecule has 0 atom stereocenters. The summed E-state index contributed by atoms with van der Waals surface area (Å²) < 4.78 is 26.4. The van der Waals surface area contributed by atoms with E-state index in [1.807, 2.05) is 54.3 Å². The number of alkyl halides is 1. The van der Waals surface area contributed by atoms with Gasteiger partial charge in [-0.15, -0.1) is 0 Å². The molecule has 0 radical (unpaired) electrons. The van der Waals surface area contributed by atoms with Crippen molar-refractivity contribution < 1.29 is 28.2 Å². The maximum atomic E-state index is 14.5. The van der Waals surface area contributed by atoms with Crippen LogP contribution < -0.4 is 10.1 Å². The number of hydrogen-bond donors (Lipinski definition) is 2. The van der Waals surface area contributed by atoms with Gasteiger partial charge in [-0.3, -0.25) is 24.4 Å². The van der Waals surface area contributed by atoms with Crippen LogP contribution in [0.5, 0.6) is 5.75 Å². The number of likely N-dealkylation sites (tertiary alicyclic amines) is 3. The third-order valence-corrected chi connectivity index (χ3v) is 12.0. The van der Waals surface area contributed by atoms with Gasteiger partial charge < -0.3 is 24.5 Å². The van der Waals surface area contributed by atoms with Crippen molar-refractivity contribution in [3.63, 3.8) is 0 Å². The number of fused-ring (bicyclic) bond motifs is 1. The second-order valence-electron chi connectivity index (χ2n) is 15.7. The normalized spacial score (nSPS) is 17.5. The Morgan fingerprint density at radius 3 is 2.46 bits per heavy atom. The lowest BCUT2D eigenvalue weighted by Crippen LogP contribution is -2.72. The van der Waals surface area contributed by atoms with Crippen LogP contribution >= 0.6 is 11.6 Å². The number of nitriles is 1. The predicted octanol–water partition coefficient (Wildman–Crippen LogP) is 6.61. The number of nitrogens with zero attached hydrogens (tertiary/aromatic N) is 6. The lowest BCUT2D eigenvalue weighted by Gasteiger charge is -2.60. The molecule has 2 N–H and O–H groups in total. The van der Waals surface area contributed by atoms with E-state index in [4.69, 9.17) is 25.7 Å². The second kappa shape index (κ2) is 15.2. The van der Waals surface area contributed by atoms with E-state index < -0.39 is 18.2 Å². The zero-order valence-electron chi connectivity index (χ0n) is 32.1. The molecule has 3 aliphatic rings. The molecule has 294 valence electrons. The maximum absolute atomic E-state index is 14.5. The Labute approximate surface area is 334 Å². The topological polar surface area (TPSA) is 148 Å². The third-order valence-electron chi connectivity index (χ3n) is 11.6. The Kier molecular flexibility index (Phi) is 10.2. The number of aromatic nitrogens is 2. The van der Waals surface area contributed by atoms with E-state index in [0.29, 0.717) is 70.8 Å². The minimum Gasteiger partial charge on any atom is -0.496 e. The monoisotopic (exact) mass is 791 g/mol. The Morgan fingerprint density at radius 2 is 1.75 bits per heavy atom. The zero-order valence-corrected chi connectivity index (χ0v) is 32.8. The fourth-order valence-electron chi connectivity index (χ4n) is 8.43. The Bertz CT molecular complexity index is 2420. The average Bonchev–Trinajstić information content (AvgIpc) is 3.61. The van der Waals surface area contributed by atoms with E-state index in [0.717, 1.165) is 54.0 Å². The maximum Gasteiger partial charge on any atom is 0.274 e. The first-order chi connectivity index (χ1) is 27.4. The molecule has 12 nitrogen and oxygen atoms in total. The number of methoxy groups -OCH3 is 1. The van der Waals surface area contributed by atoms with Crippen molar-refractivity contribution in [1.29, 1.82) is 5.26 Å². The molecule has 3 aromatic carbocycles. The largest absolute Gasteiger partial charge is 0.496 e. The number of benzene rings is 3. The summed E-state index contributed by atoms with van der Waals surface area (Å²) in [7, 11) is 1.52. The highest BCUT2D eigenvalue weighted by Gasteiger charge is 2.52. The van der Waals surface area contributed by atoms with Crippen LogP contribution in [-0.2, 0) is 17.9 Å². The lowest BCUT2D eigenvalue weighted by atomic mass is 9.72. The average molecular weight is 792 g/mol. The van der Waals surface area contributed by atoms with Gasteiger partial charge in [-0.2, -0.15) is 5.26 Å². The van der Waals surface area contributed by atoms with Crippen LogP contribution in [0.4, 0.5) is 10.1 Å². The third kappa shape index (κ3) is 7.46. The molecule has 8 rings (SSSR count). The van der Waals surface area contributed by atoms with Crippen LogP contribution in [0.3, 0.4) is 0 Å². The molecular formula is C43H43ClFN7O5. The summed E-state index contributed by atoms with van der Waals surface area (Å²) in [4.78, 5) is 40.7. The molecule has 3 aliphatic heterocycles. The molecule has 5 aromatic rings. The summed E-state index contributed by atoms with van der Waals surface area (Å²) in [5.41, 5.74) is 5.46. The second-order valence-corrected chi connectivity index (χ2v) is 16.1. The molecule has 3 fully saturated rings. The van der Waals surface area contributed by atoms with E-state index in [1.54, 1.807) is 25.3 Å². The summed E-state index contributed by atoms with van der Waals surface area (Å²) in [6.07, 6.45) is 2.09. The van der Waals surface area contributed by atoms with Crippen molar-refractivity contribution in [1.82, 2.24) is 24.7 Å². The van der Waals surface area contributed by atoms with Crippen LogP contribution in [0.15, 0.2) is 65.2 Å². The number of hydrogen-bond acceptors (Lipinski definition) is 10. The zero-order chi connectivity index (χ0) is 40.1. The number of nitrogens with one attached hydrogen (secondary N) is 1. The molecule has 2 amide bonds. The molecule has 0 aliphatic carbocycles. The van der Waals surface area contributed by atoms with Gasteiger partial charge in [0.1, 0.15) is 28.7 Å². The number of rotatable bonds is 10. The number of amides is 2. The van der Waals surface area contributed by atoms with E-state index in [-0.39, 0.29) is 29.9 Å². The number of aliphatic hydroxyl groups is 1. The van der Waals surface area contributed by atoms with Crippen molar-refractivity contribution in [2.24, 2.45) is 5.41 Å². The summed E-state index contributed by atoms with van der Waals surface area (Å²) >= 11 is 6.99. The fourth-order valence-corrected chi connectivity index (χ4v) is 8.71. The quantitative estimate of drug-likeness (QED) is 0.158. The van der Waals surface area contributed by atoms with Gasteiger partial charge in [-0.05, 0) is 60.7 Å². The van der Waals surface area contributed by atoms with Gasteiger partial charge in [-0.25, -0.2) is 9.37 Å². The van der Waals surface area contributed by atoms with Gasteiger partial charge in [0, 0.05) is 93.7 Å². The molecule has 2 aromatic heterocycles. The Morgan fingerprint density at radius 1 is 1.04 bits per heavy atom. The van der Waals surface area contributed by atoms with E-state index in [1.165, 1.54) is 7.11 Å². The lowest BCUT2D eigenvalue weighted by molar-refractivity contribution is -0.157. The van der Waals surface area contributed by atoms with Gasteiger partial charge in [0.15, 0.2) is 5.58 Å². The van der Waals surface area contributed by atoms with E-state index in [2.05, 4.69) is 26.2 Å². The van der Waals surface area contributed by atoms with Gasteiger partial charge >= 0.3 is 0 Å². The van der Waals surface area contributed by atoms with E-state index in [9.17, 15) is 24.3 Å². The number of carbonyl (C=O) groups excluding carboxylic acids is 2. The smallest absolute Gasteiger partial charge is 0.274 e. The van der Waals surface area contributed by atoms with Crippen molar-refractivity contribution in [2.75, 3.05) is 58.3 Å². The first-order valence-electron chi connectivity index (χ1n) is 19.0. The molecular weight excluding hydrogens is 749 g/mol. The molecule has 57 heavy (non-hydrogen) atoms. The number of ether oxygens (including phenoxy) is 1. The minimum atomic E-state index is -1.54. The van der Waals surface area contributed by atoms with Crippen molar-refractivity contribution in [3.05, 3.63) is 93.8 Å². The van der Waals surface area contributed by atoms with Crippen LogP contribution in [-0.4, -0.2) is 100 Å². The van der Waals surface area contributed by atoms with Gasteiger partial charge in [0.2, 0.25) is 11.8 Å². The summed E-state index contributed by atoms with van der Waals surface area (Å²) in [6, 6.07) is 18.8. The number of oxazole rings is 1. The standard InChI is InChI=1S/C43H43ClFN7O5/c1-26-31(6-4-7-32(26)41-49-35-15-28(14-29(17-46)39(35)57-41)19-51-21-42(22-51)23-52(24-42)27(2)54)33-8-5-9-34(38(33)44)48-40(55)36-16-37(56-3)30(18-47-36)20-50-12-10-43(45,25-53)11-13-50/h4-9,14-16,18,53H,10-13,19-25H2,1-3H3,(H,48,55). The number of carbonyl (C=O) groups is 2. The number of piperidine rings is 1. The fraction of sp³-hybridized carbons (Fsp3) is 0.372. The molecule has 0 unspecified atom stereocenters. The van der Waals surface area contributed by atoms with E-state index >= 15 is 0 Å². The summed E-state index contributed by atoms with van der Waals surface area (Å²) in [5.74, 6) is 0.515. The van der Waals surface area contributed by atoms with Crippen molar-refractivity contribution >= 4 is 40.2 Å². The van der Waals surface area contributed by atoms with Gasteiger partial charge in [0.25, 0.3) is 5.91 Å². The summed E-state index contributed by atoms with van der Waals surface area (Å²) in [5, 5.41) is 22.7.